The first kappa shape index (κ1) is 16.9. The highest BCUT2D eigenvalue weighted by atomic mass is 35.5. The second kappa shape index (κ2) is 7.21. The van der Waals surface area contributed by atoms with Gasteiger partial charge < -0.3 is 5.32 Å². The van der Waals surface area contributed by atoms with Gasteiger partial charge in [-0.2, -0.15) is 0 Å². The van der Waals surface area contributed by atoms with E-state index >= 15 is 0 Å². The molecule has 23 heavy (non-hydrogen) atoms. The molecule has 0 aliphatic rings. The SMILES string of the molecule is O=C(/C=C/c1ccc(Cl)c([N+](=O)[O-])c1)Nc1ccc(Cl)cc1F. The molecule has 0 heterocycles. The molecule has 0 aromatic heterocycles. The van der Waals surface area contributed by atoms with Gasteiger partial charge >= 0.3 is 0 Å². The van der Waals surface area contributed by atoms with Gasteiger partial charge in [0.2, 0.25) is 5.91 Å². The molecule has 0 atom stereocenters. The van der Waals surface area contributed by atoms with Gasteiger partial charge in [0, 0.05) is 17.2 Å². The van der Waals surface area contributed by atoms with E-state index in [1.165, 1.54) is 36.4 Å². The van der Waals surface area contributed by atoms with Crippen LogP contribution in [0.4, 0.5) is 15.8 Å². The minimum absolute atomic E-state index is 0.000151. The lowest BCUT2D eigenvalue weighted by Crippen LogP contribution is -2.09. The zero-order chi connectivity index (χ0) is 17.0. The molecule has 0 spiro atoms. The number of anilines is 1. The largest absolute Gasteiger partial charge is 0.320 e. The summed E-state index contributed by atoms with van der Waals surface area (Å²) in [5.41, 5.74) is 0.122. The van der Waals surface area contributed by atoms with Gasteiger partial charge in [-0.05, 0) is 35.9 Å². The minimum Gasteiger partial charge on any atom is -0.320 e. The van der Waals surface area contributed by atoms with Gasteiger partial charge in [0.1, 0.15) is 10.8 Å². The topological polar surface area (TPSA) is 72.2 Å². The number of rotatable bonds is 4. The number of nitrogens with zero attached hydrogens (tertiary/aromatic N) is 1. The maximum Gasteiger partial charge on any atom is 0.288 e. The maximum absolute atomic E-state index is 13.5. The highest BCUT2D eigenvalue weighted by Crippen LogP contribution is 2.25. The summed E-state index contributed by atoms with van der Waals surface area (Å²) in [6.45, 7) is 0. The van der Waals surface area contributed by atoms with Gasteiger partial charge in [0.15, 0.2) is 0 Å². The van der Waals surface area contributed by atoms with Gasteiger partial charge in [-0.25, -0.2) is 4.39 Å². The Hall–Kier alpha value is -2.44. The first-order chi connectivity index (χ1) is 10.9. The molecule has 1 N–H and O–H groups in total. The predicted octanol–water partition coefficient (Wildman–Crippen LogP) is 4.69. The number of amides is 1. The number of carbonyl (C=O) groups is 1. The van der Waals surface area contributed by atoms with Crippen LogP contribution in [-0.2, 0) is 4.79 Å². The van der Waals surface area contributed by atoms with Crippen molar-refractivity contribution < 1.29 is 14.1 Å². The lowest BCUT2D eigenvalue weighted by molar-refractivity contribution is -0.384. The second-order valence-electron chi connectivity index (χ2n) is 4.41. The van der Waals surface area contributed by atoms with Crippen LogP contribution in [0.25, 0.3) is 6.08 Å². The number of carbonyl (C=O) groups excluding carboxylic acids is 1. The van der Waals surface area contributed by atoms with E-state index in [4.69, 9.17) is 23.2 Å². The van der Waals surface area contributed by atoms with Crippen LogP contribution in [0, 0.1) is 15.9 Å². The summed E-state index contributed by atoms with van der Waals surface area (Å²) in [6.07, 6.45) is 2.48. The van der Waals surface area contributed by atoms with Crippen molar-refractivity contribution in [1.29, 1.82) is 0 Å². The van der Waals surface area contributed by atoms with E-state index in [2.05, 4.69) is 5.32 Å². The summed E-state index contributed by atoms with van der Waals surface area (Å²) in [5, 5.41) is 13.3. The van der Waals surface area contributed by atoms with Crippen molar-refractivity contribution >= 4 is 46.6 Å². The molecule has 2 aromatic carbocycles. The molecule has 8 heteroatoms. The number of hydrogen-bond acceptors (Lipinski definition) is 3. The van der Waals surface area contributed by atoms with Crippen molar-refractivity contribution in [1.82, 2.24) is 0 Å². The van der Waals surface area contributed by atoms with Crippen LogP contribution in [0.3, 0.4) is 0 Å². The molecule has 0 aliphatic carbocycles. The number of nitro groups is 1. The monoisotopic (exact) mass is 354 g/mol. The van der Waals surface area contributed by atoms with Crippen LogP contribution >= 0.6 is 23.2 Å². The Labute approximate surface area is 140 Å². The standard InChI is InChI=1S/C15H9Cl2FN2O3/c16-10-3-5-13(12(18)8-10)19-15(21)6-2-9-1-4-11(17)14(7-9)20(22)23/h1-8H,(H,19,21)/b6-2+. The normalized spacial score (nSPS) is 10.7. The van der Waals surface area contributed by atoms with E-state index in [-0.39, 0.29) is 21.4 Å². The van der Waals surface area contributed by atoms with E-state index in [0.717, 1.165) is 12.1 Å². The Balaban J connectivity index is 2.12. The van der Waals surface area contributed by atoms with Crippen LogP contribution in [0.5, 0.6) is 0 Å². The molecule has 5 nitrogen and oxygen atoms in total. The summed E-state index contributed by atoms with van der Waals surface area (Å²) >= 11 is 11.3. The van der Waals surface area contributed by atoms with Crippen molar-refractivity contribution in [2.24, 2.45) is 0 Å². The second-order valence-corrected chi connectivity index (χ2v) is 5.26. The van der Waals surface area contributed by atoms with Crippen LogP contribution in [0.2, 0.25) is 10.0 Å². The fraction of sp³-hybridized carbons (Fsp3) is 0. The molecule has 118 valence electrons. The Bertz CT molecular complexity index is 809. The van der Waals surface area contributed by atoms with Crippen molar-refractivity contribution in [3.63, 3.8) is 0 Å². The average Bonchev–Trinajstić information content (AvgIpc) is 2.49. The number of nitrogens with one attached hydrogen (secondary N) is 1. The lowest BCUT2D eigenvalue weighted by Gasteiger charge is -2.04. The number of nitro benzene ring substituents is 1. The van der Waals surface area contributed by atoms with E-state index in [1.54, 1.807) is 0 Å². The van der Waals surface area contributed by atoms with E-state index < -0.39 is 16.6 Å². The fourth-order valence-electron chi connectivity index (χ4n) is 1.71. The van der Waals surface area contributed by atoms with Gasteiger partial charge in [-0.15, -0.1) is 0 Å². The zero-order valence-electron chi connectivity index (χ0n) is 11.4. The van der Waals surface area contributed by atoms with E-state index in [0.29, 0.717) is 5.56 Å². The Kier molecular flexibility index (Phi) is 5.31. The number of hydrogen-bond donors (Lipinski definition) is 1. The summed E-state index contributed by atoms with van der Waals surface area (Å²) < 4.78 is 13.5. The van der Waals surface area contributed by atoms with Crippen LogP contribution in [-0.4, -0.2) is 10.8 Å². The number of halogens is 3. The van der Waals surface area contributed by atoms with Gasteiger partial charge in [0.25, 0.3) is 5.69 Å². The highest BCUT2D eigenvalue weighted by molar-refractivity contribution is 6.32. The highest BCUT2D eigenvalue weighted by Gasteiger charge is 2.12. The third kappa shape index (κ3) is 4.51. The summed E-state index contributed by atoms with van der Waals surface area (Å²) in [4.78, 5) is 21.9. The third-order valence-electron chi connectivity index (χ3n) is 2.78. The molecule has 0 saturated heterocycles. The van der Waals surface area contributed by atoms with Crippen LogP contribution < -0.4 is 5.32 Å². The first-order valence-electron chi connectivity index (χ1n) is 6.25. The molecule has 0 bridgehead atoms. The van der Waals surface area contributed by atoms with Crippen LogP contribution in [0.1, 0.15) is 5.56 Å². The van der Waals surface area contributed by atoms with Crippen LogP contribution in [0.15, 0.2) is 42.5 Å². The minimum atomic E-state index is -0.665. The quantitative estimate of drug-likeness (QED) is 0.491. The molecular formula is C15H9Cl2FN2O3. The molecule has 0 fully saturated rings. The average molecular weight is 355 g/mol. The molecular weight excluding hydrogens is 346 g/mol. The molecule has 0 radical (unpaired) electrons. The summed E-state index contributed by atoms with van der Waals surface area (Å²) in [5.74, 6) is -1.26. The Morgan fingerprint density at radius 1 is 1.22 bits per heavy atom. The molecule has 2 aromatic rings. The first-order valence-corrected chi connectivity index (χ1v) is 7.00. The molecule has 1 amide bonds. The lowest BCUT2D eigenvalue weighted by atomic mass is 10.2. The van der Waals surface area contributed by atoms with Crippen molar-refractivity contribution in [2.75, 3.05) is 5.32 Å². The van der Waals surface area contributed by atoms with Gasteiger partial charge in [-0.3, -0.25) is 14.9 Å². The number of benzene rings is 2. The smallest absolute Gasteiger partial charge is 0.288 e. The predicted molar refractivity (Wildman–Crippen MR) is 87.2 cm³/mol. The molecule has 0 saturated carbocycles. The van der Waals surface area contributed by atoms with Crippen molar-refractivity contribution in [2.45, 2.75) is 0 Å². The van der Waals surface area contributed by atoms with E-state index in [9.17, 15) is 19.3 Å². The molecule has 0 aliphatic heterocycles. The summed E-state index contributed by atoms with van der Waals surface area (Å²) in [6, 6.07) is 7.94. The van der Waals surface area contributed by atoms with Gasteiger partial charge in [0.05, 0.1) is 10.6 Å². The molecule has 0 unspecified atom stereocenters. The van der Waals surface area contributed by atoms with Crippen molar-refractivity contribution in [3.05, 3.63) is 74.0 Å². The third-order valence-corrected chi connectivity index (χ3v) is 3.34. The molecule has 2 rings (SSSR count). The van der Waals surface area contributed by atoms with E-state index in [1.807, 2.05) is 0 Å². The Morgan fingerprint density at radius 2 is 1.96 bits per heavy atom. The zero-order valence-corrected chi connectivity index (χ0v) is 12.9. The maximum atomic E-state index is 13.5. The Morgan fingerprint density at radius 3 is 2.61 bits per heavy atom. The van der Waals surface area contributed by atoms with Crippen molar-refractivity contribution in [3.8, 4) is 0 Å². The van der Waals surface area contributed by atoms with Gasteiger partial charge in [-0.1, -0.05) is 29.3 Å². The summed E-state index contributed by atoms with van der Waals surface area (Å²) in [7, 11) is 0. The fourth-order valence-corrected chi connectivity index (χ4v) is 2.06.